The van der Waals surface area contributed by atoms with Crippen molar-refractivity contribution in [2.75, 3.05) is 11.9 Å². The zero-order valence-corrected chi connectivity index (χ0v) is 9.77. The molecule has 0 aliphatic heterocycles. The van der Waals surface area contributed by atoms with Crippen LogP contribution >= 0.6 is 0 Å². The summed E-state index contributed by atoms with van der Waals surface area (Å²) in [4.78, 5) is 0. The van der Waals surface area contributed by atoms with E-state index in [-0.39, 0.29) is 6.61 Å². The van der Waals surface area contributed by atoms with Crippen LogP contribution in [0, 0.1) is 0 Å². The molecule has 86 valence electrons. The Hall–Kier alpha value is -1.03. The normalized spacial score (nSPS) is 13.1. The third-order valence-corrected chi connectivity index (χ3v) is 2.34. The van der Waals surface area contributed by atoms with Crippen molar-refractivity contribution in [1.82, 2.24) is 9.78 Å². The molecule has 0 radical (unpaired) electrons. The summed E-state index contributed by atoms with van der Waals surface area (Å²) in [5.41, 5.74) is 1.05. The molecule has 0 bridgehead atoms. The number of rotatable bonds is 6. The van der Waals surface area contributed by atoms with E-state index >= 15 is 0 Å². The zero-order valence-electron chi connectivity index (χ0n) is 9.77. The van der Waals surface area contributed by atoms with Crippen molar-refractivity contribution in [3.05, 3.63) is 12.4 Å². The van der Waals surface area contributed by atoms with Crippen LogP contribution < -0.4 is 5.32 Å². The summed E-state index contributed by atoms with van der Waals surface area (Å²) in [6.45, 7) is 6.58. The minimum Gasteiger partial charge on any atom is -0.396 e. The molecule has 0 aromatic carbocycles. The van der Waals surface area contributed by atoms with E-state index in [0.717, 1.165) is 18.5 Å². The molecule has 4 heteroatoms. The van der Waals surface area contributed by atoms with Gasteiger partial charge in [-0.15, -0.1) is 0 Å². The van der Waals surface area contributed by atoms with Crippen LogP contribution in [0.2, 0.25) is 0 Å². The first-order chi connectivity index (χ1) is 7.13. The summed E-state index contributed by atoms with van der Waals surface area (Å²) in [6, 6.07) is 0.773. The van der Waals surface area contributed by atoms with E-state index in [9.17, 15) is 0 Å². The quantitative estimate of drug-likeness (QED) is 0.757. The lowest BCUT2D eigenvalue weighted by atomic mass is 10.2. The number of aliphatic hydroxyl groups is 1. The molecule has 1 aromatic heterocycles. The van der Waals surface area contributed by atoms with Gasteiger partial charge >= 0.3 is 0 Å². The fraction of sp³-hybridized carbons (Fsp3) is 0.727. The highest BCUT2D eigenvalue weighted by molar-refractivity contribution is 5.39. The highest BCUT2D eigenvalue weighted by Crippen LogP contribution is 2.12. The van der Waals surface area contributed by atoms with Gasteiger partial charge in [0.25, 0.3) is 0 Å². The second-order valence-corrected chi connectivity index (χ2v) is 4.21. The van der Waals surface area contributed by atoms with Gasteiger partial charge in [-0.1, -0.05) is 0 Å². The highest BCUT2D eigenvalue weighted by Gasteiger charge is 2.04. The second kappa shape index (κ2) is 5.75. The summed E-state index contributed by atoms with van der Waals surface area (Å²) >= 11 is 0. The molecule has 1 heterocycles. The van der Waals surface area contributed by atoms with Gasteiger partial charge in [0.05, 0.1) is 11.9 Å². The molecule has 1 atom stereocenters. The van der Waals surface area contributed by atoms with E-state index < -0.39 is 0 Å². The summed E-state index contributed by atoms with van der Waals surface area (Å²) < 4.78 is 1.93. The third-order valence-electron chi connectivity index (χ3n) is 2.34. The van der Waals surface area contributed by atoms with Crippen molar-refractivity contribution in [1.29, 1.82) is 0 Å². The molecule has 1 aromatic rings. The molecule has 4 nitrogen and oxygen atoms in total. The van der Waals surface area contributed by atoms with E-state index in [1.54, 1.807) is 0 Å². The molecule has 0 saturated heterocycles. The number of anilines is 1. The van der Waals surface area contributed by atoms with Crippen molar-refractivity contribution in [3.8, 4) is 0 Å². The molecule has 0 aliphatic carbocycles. The van der Waals surface area contributed by atoms with Crippen molar-refractivity contribution in [2.24, 2.45) is 0 Å². The molecule has 0 spiro atoms. The first-order valence-electron chi connectivity index (χ1n) is 5.55. The van der Waals surface area contributed by atoms with Gasteiger partial charge in [0.1, 0.15) is 0 Å². The molecule has 15 heavy (non-hydrogen) atoms. The fourth-order valence-electron chi connectivity index (χ4n) is 1.45. The Bertz CT molecular complexity index is 283. The van der Waals surface area contributed by atoms with Crippen LogP contribution in [0.15, 0.2) is 12.4 Å². The van der Waals surface area contributed by atoms with E-state index in [4.69, 9.17) is 5.11 Å². The summed E-state index contributed by atoms with van der Waals surface area (Å²) in [5, 5.41) is 16.3. The van der Waals surface area contributed by atoms with Crippen molar-refractivity contribution in [3.63, 3.8) is 0 Å². The smallest absolute Gasteiger partial charge is 0.0728 e. The lowest BCUT2D eigenvalue weighted by Gasteiger charge is -2.12. The maximum Gasteiger partial charge on any atom is 0.0728 e. The van der Waals surface area contributed by atoms with Gasteiger partial charge in [0.15, 0.2) is 0 Å². The van der Waals surface area contributed by atoms with E-state index in [1.807, 2.05) is 17.1 Å². The van der Waals surface area contributed by atoms with Crippen LogP contribution in [0.4, 0.5) is 5.69 Å². The van der Waals surface area contributed by atoms with Crippen LogP contribution in [0.3, 0.4) is 0 Å². The largest absolute Gasteiger partial charge is 0.396 e. The third kappa shape index (κ3) is 3.91. The summed E-state index contributed by atoms with van der Waals surface area (Å²) in [6.07, 6.45) is 5.67. The lowest BCUT2D eigenvalue weighted by molar-refractivity contribution is 0.282. The van der Waals surface area contributed by atoms with Gasteiger partial charge in [-0.2, -0.15) is 5.10 Å². The zero-order chi connectivity index (χ0) is 11.3. The van der Waals surface area contributed by atoms with Crippen molar-refractivity contribution in [2.45, 2.75) is 45.7 Å². The lowest BCUT2D eigenvalue weighted by Crippen LogP contribution is -2.15. The second-order valence-electron chi connectivity index (χ2n) is 4.21. The van der Waals surface area contributed by atoms with Crippen LogP contribution in [0.25, 0.3) is 0 Å². The fourth-order valence-corrected chi connectivity index (χ4v) is 1.45. The molecule has 0 aliphatic rings. The summed E-state index contributed by atoms with van der Waals surface area (Å²) in [7, 11) is 0. The Labute approximate surface area is 91.3 Å². The molecule has 1 rings (SSSR count). The average molecular weight is 211 g/mol. The van der Waals surface area contributed by atoms with Gasteiger partial charge < -0.3 is 10.4 Å². The van der Waals surface area contributed by atoms with E-state index in [2.05, 4.69) is 31.2 Å². The molecule has 0 fully saturated rings. The molecular weight excluding hydrogens is 190 g/mol. The monoisotopic (exact) mass is 211 g/mol. The number of aromatic nitrogens is 2. The van der Waals surface area contributed by atoms with Gasteiger partial charge in [-0.3, -0.25) is 4.68 Å². The minimum atomic E-state index is 0.261. The van der Waals surface area contributed by atoms with E-state index in [1.165, 1.54) is 0 Å². The topological polar surface area (TPSA) is 50.1 Å². The van der Waals surface area contributed by atoms with Crippen LogP contribution in [-0.2, 0) is 0 Å². The van der Waals surface area contributed by atoms with Gasteiger partial charge in [0, 0.05) is 24.9 Å². The standard InChI is InChI=1S/C11H21N3O/c1-9(2)14-8-11(7-12-14)13-10(3)5-4-6-15/h7-10,13,15H,4-6H2,1-3H3. The Balaban J connectivity index is 2.42. The number of nitrogens with one attached hydrogen (secondary N) is 1. The molecular formula is C11H21N3O. The maximum absolute atomic E-state index is 8.71. The summed E-state index contributed by atoms with van der Waals surface area (Å²) in [5.74, 6) is 0. The number of nitrogens with zero attached hydrogens (tertiary/aromatic N) is 2. The number of hydrogen-bond acceptors (Lipinski definition) is 3. The van der Waals surface area contributed by atoms with Crippen LogP contribution in [0.1, 0.15) is 39.7 Å². The minimum absolute atomic E-state index is 0.261. The van der Waals surface area contributed by atoms with Crippen LogP contribution in [-0.4, -0.2) is 27.5 Å². The maximum atomic E-state index is 8.71. The van der Waals surface area contributed by atoms with E-state index in [0.29, 0.717) is 12.1 Å². The Morgan fingerprint density at radius 1 is 1.47 bits per heavy atom. The average Bonchev–Trinajstić information content (AvgIpc) is 2.63. The number of aliphatic hydroxyl groups excluding tert-OH is 1. The SMILES string of the molecule is CC(CCCO)Nc1cnn(C(C)C)c1. The number of hydrogen-bond donors (Lipinski definition) is 2. The molecule has 2 N–H and O–H groups in total. The van der Waals surface area contributed by atoms with Crippen molar-refractivity contribution < 1.29 is 5.11 Å². The van der Waals surface area contributed by atoms with Crippen molar-refractivity contribution >= 4 is 5.69 Å². The predicted octanol–water partition coefficient (Wildman–Crippen LogP) is 2.04. The highest BCUT2D eigenvalue weighted by atomic mass is 16.2. The van der Waals surface area contributed by atoms with Crippen LogP contribution in [0.5, 0.6) is 0 Å². The first-order valence-corrected chi connectivity index (χ1v) is 5.55. The first kappa shape index (κ1) is 12.0. The van der Waals surface area contributed by atoms with Gasteiger partial charge in [0.2, 0.25) is 0 Å². The Morgan fingerprint density at radius 3 is 2.73 bits per heavy atom. The molecule has 0 amide bonds. The van der Waals surface area contributed by atoms with Gasteiger partial charge in [-0.05, 0) is 33.6 Å². The molecule has 0 saturated carbocycles. The van der Waals surface area contributed by atoms with Gasteiger partial charge in [-0.25, -0.2) is 0 Å². The predicted molar refractivity (Wildman–Crippen MR) is 62.0 cm³/mol. The molecule has 1 unspecified atom stereocenters. The Kier molecular flexibility index (Phi) is 4.62. The Morgan fingerprint density at radius 2 is 2.20 bits per heavy atom.